The Morgan fingerprint density at radius 2 is 2.29 bits per heavy atom. The van der Waals surface area contributed by atoms with Crippen LogP contribution in [0.5, 0.6) is 0 Å². The standard InChI is InChI=1S/C9H11F3N4O/c1-4-2-6(9(10,11)12)16-8(15-4)5(3-14-16)7(13)17/h3-4,6,15H,2H2,1H3,(H2,13,17). The second kappa shape index (κ2) is 3.64. The molecular weight excluding hydrogens is 237 g/mol. The molecule has 0 saturated heterocycles. The molecule has 8 heteroatoms. The molecule has 2 unspecified atom stereocenters. The molecule has 1 aliphatic heterocycles. The van der Waals surface area contributed by atoms with E-state index in [0.29, 0.717) is 0 Å². The van der Waals surface area contributed by atoms with Crippen molar-refractivity contribution in [2.75, 3.05) is 5.32 Å². The van der Waals surface area contributed by atoms with Gasteiger partial charge in [-0.3, -0.25) is 4.79 Å². The molecule has 0 aromatic carbocycles. The molecule has 0 aliphatic carbocycles. The van der Waals surface area contributed by atoms with Gasteiger partial charge in [-0.2, -0.15) is 18.3 Å². The highest BCUT2D eigenvalue weighted by atomic mass is 19.4. The Bertz CT molecular complexity index is 454. The SMILES string of the molecule is CC1CC(C(F)(F)F)n2ncc(C(N)=O)c2N1. The summed E-state index contributed by atoms with van der Waals surface area (Å²) in [7, 11) is 0. The molecule has 17 heavy (non-hydrogen) atoms. The minimum atomic E-state index is -4.40. The quantitative estimate of drug-likeness (QED) is 0.786. The smallest absolute Gasteiger partial charge is 0.367 e. The number of hydrogen-bond donors (Lipinski definition) is 2. The third-order valence-corrected chi connectivity index (χ3v) is 2.69. The molecule has 1 aromatic heterocycles. The van der Waals surface area contributed by atoms with Crippen molar-refractivity contribution >= 4 is 11.7 Å². The van der Waals surface area contributed by atoms with Gasteiger partial charge in [0.1, 0.15) is 11.4 Å². The number of anilines is 1. The number of nitrogens with one attached hydrogen (secondary N) is 1. The normalized spacial score (nSPS) is 24.0. The lowest BCUT2D eigenvalue weighted by Crippen LogP contribution is -2.38. The van der Waals surface area contributed by atoms with Crippen molar-refractivity contribution in [2.24, 2.45) is 5.73 Å². The summed E-state index contributed by atoms with van der Waals surface area (Å²) in [4.78, 5) is 11.0. The van der Waals surface area contributed by atoms with Crippen LogP contribution in [0, 0.1) is 0 Å². The number of carbonyl (C=O) groups is 1. The van der Waals surface area contributed by atoms with Crippen LogP contribution in [0.25, 0.3) is 0 Å². The molecule has 1 aliphatic rings. The maximum atomic E-state index is 12.8. The summed E-state index contributed by atoms with van der Waals surface area (Å²) >= 11 is 0. The number of nitrogens with two attached hydrogens (primary N) is 1. The van der Waals surface area contributed by atoms with Crippen molar-refractivity contribution in [3.05, 3.63) is 11.8 Å². The van der Waals surface area contributed by atoms with E-state index in [0.717, 1.165) is 10.9 Å². The zero-order chi connectivity index (χ0) is 12.8. The summed E-state index contributed by atoms with van der Waals surface area (Å²) in [6, 6.07) is -2.12. The molecule has 5 nitrogen and oxygen atoms in total. The number of fused-ring (bicyclic) bond motifs is 1. The number of alkyl halides is 3. The second-order valence-corrected chi connectivity index (χ2v) is 4.05. The summed E-state index contributed by atoms with van der Waals surface area (Å²) in [6.07, 6.45) is -3.47. The zero-order valence-electron chi connectivity index (χ0n) is 8.95. The van der Waals surface area contributed by atoms with Crippen molar-refractivity contribution in [1.82, 2.24) is 9.78 Å². The van der Waals surface area contributed by atoms with Crippen LogP contribution in [0.1, 0.15) is 29.7 Å². The molecule has 2 atom stereocenters. The molecule has 0 radical (unpaired) electrons. The van der Waals surface area contributed by atoms with Gasteiger partial charge in [-0.1, -0.05) is 0 Å². The van der Waals surface area contributed by atoms with Crippen molar-refractivity contribution < 1.29 is 18.0 Å². The predicted molar refractivity (Wildman–Crippen MR) is 53.5 cm³/mol. The number of nitrogens with zero attached hydrogens (tertiary/aromatic N) is 2. The maximum absolute atomic E-state index is 12.8. The van der Waals surface area contributed by atoms with Crippen LogP contribution in [0.15, 0.2) is 6.20 Å². The number of primary amides is 1. The second-order valence-electron chi connectivity index (χ2n) is 4.05. The van der Waals surface area contributed by atoms with Crippen LogP contribution < -0.4 is 11.1 Å². The van der Waals surface area contributed by atoms with Gasteiger partial charge in [0, 0.05) is 6.04 Å². The van der Waals surface area contributed by atoms with E-state index in [-0.39, 0.29) is 17.8 Å². The highest BCUT2D eigenvalue weighted by molar-refractivity contribution is 5.97. The van der Waals surface area contributed by atoms with E-state index < -0.39 is 24.2 Å². The molecule has 0 saturated carbocycles. The number of hydrogen-bond acceptors (Lipinski definition) is 3. The third kappa shape index (κ3) is 1.94. The topological polar surface area (TPSA) is 72.9 Å². The van der Waals surface area contributed by atoms with Crippen LogP contribution in [0.3, 0.4) is 0 Å². The van der Waals surface area contributed by atoms with Crippen molar-refractivity contribution in [1.29, 1.82) is 0 Å². The molecule has 2 rings (SSSR count). The molecule has 0 fully saturated rings. The predicted octanol–water partition coefficient (Wildman–Crippen LogP) is 1.29. The lowest BCUT2D eigenvalue weighted by Gasteiger charge is -2.31. The van der Waals surface area contributed by atoms with Gasteiger partial charge in [0.2, 0.25) is 0 Å². The highest BCUT2D eigenvalue weighted by Crippen LogP contribution is 2.39. The average molecular weight is 248 g/mol. The van der Waals surface area contributed by atoms with Crippen LogP contribution in [0.4, 0.5) is 19.0 Å². The minimum Gasteiger partial charge on any atom is -0.367 e. The Kier molecular flexibility index (Phi) is 2.52. The fourth-order valence-corrected chi connectivity index (χ4v) is 1.92. The zero-order valence-corrected chi connectivity index (χ0v) is 8.95. The van der Waals surface area contributed by atoms with Gasteiger partial charge in [-0.25, -0.2) is 4.68 Å². The minimum absolute atomic E-state index is 0.0224. The molecule has 0 bridgehead atoms. The molecule has 3 N–H and O–H groups in total. The first kappa shape index (κ1) is 11.7. The van der Waals surface area contributed by atoms with Crippen LogP contribution in [-0.2, 0) is 0 Å². The number of aromatic nitrogens is 2. The lowest BCUT2D eigenvalue weighted by atomic mass is 10.1. The van der Waals surface area contributed by atoms with Gasteiger partial charge in [0.15, 0.2) is 6.04 Å². The van der Waals surface area contributed by atoms with E-state index in [1.165, 1.54) is 0 Å². The Morgan fingerprint density at radius 1 is 1.65 bits per heavy atom. The van der Waals surface area contributed by atoms with Gasteiger partial charge in [0.25, 0.3) is 5.91 Å². The Morgan fingerprint density at radius 3 is 2.82 bits per heavy atom. The van der Waals surface area contributed by atoms with E-state index in [9.17, 15) is 18.0 Å². The Hall–Kier alpha value is -1.73. The molecular formula is C9H11F3N4O. The van der Waals surface area contributed by atoms with Crippen molar-refractivity contribution in [2.45, 2.75) is 31.6 Å². The maximum Gasteiger partial charge on any atom is 0.410 e. The highest BCUT2D eigenvalue weighted by Gasteiger charge is 2.46. The van der Waals surface area contributed by atoms with Crippen molar-refractivity contribution in [3.63, 3.8) is 0 Å². The van der Waals surface area contributed by atoms with E-state index in [1.54, 1.807) is 6.92 Å². The Labute approximate surface area is 94.8 Å². The average Bonchev–Trinajstić information content (AvgIpc) is 2.57. The van der Waals surface area contributed by atoms with E-state index in [4.69, 9.17) is 5.73 Å². The number of halogens is 3. The molecule has 0 spiro atoms. The summed E-state index contributed by atoms with van der Waals surface area (Å²) in [5.41, 5.74) is 5.05. The lowest BCUT2D eigenvalue weighted by molar-refractivity contribution is -0.173. The van der Waals surface area contributed by atoms with Crippen LogP contribution in [-0.4, -0.2) is 27.9 Å². The fourth-order valence-electron chi connectivity index (χ4n) is 1.92. The van der Waals surface area contributed by atoms with Gasteiger partial charge in [0.05, 0.1) is 6.20 Å². The Balaban J connectivity index is 2.49. The summed E-state index contributed by atoms with van der Waals surface area (Å²) in [6.45, 7) is 1.61. The van der Waals surface area contributed by atoms with E-state index in [1.807, 2.05) is 0 Å². The number of rotatable bonds is 1. The first-order valence-corrected chi connectivity index (χ1v) is 5.01. The molecule has 94 valence electrons. The first-order valence-electron chi connectivity index (χ1n) is 5.01. The summed E-state index contributed by atoms with van der Waals surface area (Å²) < 4.78 is 39.2. The fraction of sp³-hybridized carbons (Fsp3) is 0.556. The third-order valence-electron chi connectivity index (χ3n) is 2.69. The first-order chi connectivity index (χ1) is 7.80. The van der Waals surface area contributed by atoms with Crippen LogP contribution >= 0.6 is 0 Å². The number of carbonyl (C=O) groups excluding carboxylic acids is 1. The van der Waals surface area contributed by atoms with Crippen molar-refractivity contribution in [3.8, 4) is 0 Å². The summed E-state index contributed by atoms with van der Waals surface area (Å²) in [5, 5.41) is 6.39. The van der Waals surface area contributed by atoms with E-state index >= 15 is 0 Å². The van der Waals surface area contributed by atoms with Gasteiger partial charge < -0.3 is 11.1 Å². The van der Waals surface area contributed by atoms with Gasteiger partial charge in [-0.15, -0.1) is 0 Å². The largest absolute Gasteiger partial charge is 0.410 e. The van der Waals surface area contributed by atoms with Gasteiger partial charge >= 0.3 is 6.18 Å². The van der Waals surface area contributed by atoms with E-state index in [2.05, 4.69) is 10.4 Å². The molecule has 1 aromatic rings. The molecule has 2 heterocycles. The monoisotopic (exact) mass is 248 g/mol. The van der Waals surface area contributed by atoms with Crippen LogP contribution in [0.2, 0.25) is 0 Å². The summed E-state index contributed by atoms with van der Waals surface area (Å²) in [5.74, 6) is -0.757. The number of amides is 1. The molecule has 1 amide bonds. The van der Waals surface area contributed by atoms with Gasteiger partial charge in [-0.05, 0) is 13.3 Å².